The minimum absolute atomic E-state index is 0.535. The first-order valence-corrected chi connectivity index (χ1v) is 4.32. The van der Waals surface area contributed by atoms with Crippen molar-refractivity contribution in [3.8, 4) is 0 Å². The molecule has 0 saturated carbocycles. The van der Waals surface area contributed by atoms with Gasteiger partial charge in [-0.2, -0.15) is 5.10 Å². The molecule has 3 heteroatoms. The van der Waals surface area contributed by atoms with E-state index < -0.39 is 0 Å². The molecule has 3 nitrogen and oxygen atoms in total. The highest BCUT2D eigenvalue weighted by atomic mass is 16.5. The van der Waals surface area contributed by atoms with Gasteiger partial charge in [0.1, 0.15) is 0 Å². The predicted octanol–water partition coefficient (Wildman–Crippen LogP) is 1.57. The van der Waals surface area contributed by atoms with Gasteiger partial charge in [0.25, 0.3) is 0 Å². The average Bonchev–Trinajstić information content (AvgIpc) is 2.44. The van der Waals surface area contributed by atoms with E-state index in [1.165, 1.54) is 11.3 Å². The van der Waals surface area contributed by atoms with Crippen molar-refractivity contribution in [3.63, 3.8) is 0 Å². The van der Waals surface area contributed by atoms with E-state index in [-0.39, 0.29) is 0 Å². The zero-order valence-electron chi connectivity index (χ0n) is 7.79. The molecule has 0 aliphatic carbocycles. The molecule has 0 N–H and O–H groups in total. The van der Waals surface area contributed by atoms with Crippen molar-refractivity contribution >= 4 is 0 Å². The molecule has 0 amide bonds. The van der Waals surface area contributed by atoms with Gasteiger partial charge in [0.05, 0.1) is 18.9 Å². The molecule has 1 aliphatic rings. The molecule has 0 atom stereocenters. The van der Waals surface area contributed by atoms with E-state index in [9.17, 15) is 0 Å². The Balaban J connectivity index is 2.52. The Morgan fingerprint density at radius 1 is 1.42 bits per heavy atom. The van der Waals surface area contributed by atoms with Gasteiger partial charge < -0.3 is 4.74 Å². The predicted molar refractivity (Wildman–Crippen MR) is 45.8 cm³/mol. The Bertz CT molecular complexity index is 302. The highest BCUT2D eigenvalue weighted by molar-refractivity contribution is 5.29. The minimum Gasteiger partial charge on any atom is -0.370 e. The summed E-state index contributed by atoms with van der Waals surface area (Å²) in [5.41, 5.74) is 3.76. The Morgan fingerprint density at radius 2 is 2.17 bits per heavy atom. The summed E-state index contributed by atoms with van der Waals surface area (Å²) in [6.07, 6.45) is 0. The van der Waals surface area contributed by atoms with Crippen molar-refractivity contribution in [2.75, 3.05) is 0 Å². The molecule has 12 heavy (non-hydrogen) atoms. The summed E-state index contributed by atoms with van der Waals surface area (Å²) in [6, 6.07) is 0. The van der Waals surface area contributed by atoms with E-state index in [0.717, 1.165) is 12.3 Å². The topological polar surface area (TPSA) is 27.1 Å². The second-order valence-corrected chi connectivity index (χ2v) is 3.58. The molecule has 0 aromatic carbocycles. The molecule has 1 aromatic rings. The van der Waals surface area contributed by atoms with Crippen molar-refractivity contribution in [1.82, 2.24) is 9.78 Å². The van der Waals surface area contributed by atoms with Crippen LogP contribution >= 0.6 is 0 Å². The molecule has 1 aromatic heterocycles. The van der Waals surface area contributed by atoms with Crippen LogP contribution in [0.25, 0.3) is 0 Å². The van der Waals surface area contributed by atoms with Gasteiger partial charge in [0.15, 0.2) is 0 Å². The fraction of sp³-hybridized carbons (Fsp3) is 0.667. The second-order valence-electron chi connectivity index (χ2n) is 3.58. The highest BCUT2D eigenvalue weighted by Crippen LogP contribution is 2.27. The van der Waals surface area contributed by atoms with Crippen LogP contribution in [0.5, 0.6) is 0 Å². The Labute approximate surface area is 72.3 Å². The first-order chi connectivity index (χ1) is 5.70. The average molecular weight is 166 g/mol. The van der Waals surface area contributed by atoms with Gasteiger partial charge >= 0.3 is 0 Å². The standard InChI is InChI=1S/C9H14N2O/c1-6(2)9-7-4-12-5-8(7)10-11(9)3/h6H,4-5H2,1-3H3. The third kappa shape index (κ3) is 0.966. The lowest BCUT2D eigenvalue weighted by Crippen LogP contribution is -2.03. The van der Waals surface area contributed by atoms with E-state index in [1.807, 2.05) is 11.7 Å². The quantitative estimate of drug-likeness (QED) is 0.633. The maximum absolute atomic E-state index is 5.32. The van der Waals surface area contributed by atoms with Gasteiger partial charge in [-0.25, -0.2) is 0 Å². The maximum atomic E-state index is 5.32. The fourth-order valence-corrected chi connectivity index (χ4v) is 1.88. The summed E-state index contributed by atoms with van der Waals surface area (Å²) in [6.45, 7) is 5.82. The molecular formula is C9H14N2O. The van der Waals surface area contributed by atoms with Crippen molar-refractivity contribution in [2.45, 2.75) is 33.0 Å². The molecule has 0 bridgehead atoms. The molecule has 0 unspecified atom stereocenters. The van der Waals surface area contributed by atoms with Crippen molar-refractivity contribution < 1.29 is 4.74 Å². The molecule has 0 saturated heterocycles. The molecule has 66 valence electrons. The van der Waals surface area contributed by atoms with Crippen molar-refractivity contribution in [1.29, 1.82) is 0 Å². The fourth-order valence-electron chi connectivity index (χ4n) is 1.88. The van der Waals surface area contributed by atoms with E-state index >= 15 is 0 Å². The molecule has 2 rings (SSSR count). The number of ether oxygens (including phenoxy) is 1. The number of hydrogen-bond acceptors (Lipinski definition) is 2. The Hall–Kier alpha value is -0.830. The van der Waals surface area contributed by atoms with Gasteiger partial charge in [0, 0.05) is 18.3 Å². The summed E-state index contributed by atoms with van der Waals surface area (Å²) < 4.78 is 7.31. The SMILES string of the molecule is CC(C)c1c2c(nn1C)COC2. The van der Waals surface area contributed by atoms with E-state index in [2.05, 4.69) is 18.9 Å². The van der Waals surface area contributed by atoms with E-state index in [4.69, 9.17) is 4.74 Å². The number of nitrogens with zero attached hydrogens (tertiary/aromatic N) is 2. The van der Waals surface area contributed by atoms with Crippen LogP contribution in [0.2, 0.25) is 0 Å². The summed E-state index contributed by atoms with van der Waals surface area (Å²) in [7, 11) is 2.01. The minimum atomic E-state index is 0.535. The van der Waals surface area contributed by atoms with Crippen LogP contribution in [0.4, 0.5) is 0 Å². The van der Waals surface area contributed by atoms with Gasteiger partial charge in [-0.3, -0.25) is 4.68 Å². The molecule has 1 aliphatic heterocycles. The van der Waals surface area contributed by atoms with E-state index in [0.29, 0.717) is 12.5 Å². The largest absolute Gasteiger partial charge is 0.370 e. The number of aromatic nitrogens is 2. The third-order valence-electron chi connectivity index (χ3n) is 2.31. The van der Waals surface area contributed by atoms with Crippen molar-refractivity contribution in [3.05, 3.63) is 17.0 Å². The van der Waals surface area contributed by atoms with Gasteiger partial charge in [0.2, 0.25) is 0 Å². The van der Waals surface area contributed by atoms with E-state index in [1.54, 1.807) is 0 Å². The Morgan fingerprint density at radius 3 is 2.83 bits per heavy atom. The smallest absolute Gasteiger partial charge is 0.0940 e. The first kappa shape index (κ1) is 7.80. The van der Waals surface area contributed by atoms with Crippen LogP contribution in [-0.2, 0) is 25.0 Å². The van der Waals surface area contributed by atoms with Crippen LogP contribution in [0, 0.1) is 0 Å². The lowest BCUT2D eigenvalue weighted by atomic mass is 10.1. The maximum Gasteiger partial charge on any atom is 0.0940 e. The molecule has 0 radical (unpaired) electrons. The van der Waals surface area contributed by atoms with Gasteiger partial charge in [-0.1, -0.05) is 13.8 Å². The number of aryl methyl sites for hydroxylation is 1. The normalized spacial score (nSPS) is 15.7. The summed E-state index contributed by atoms with van der Waals surface area (Å²) >= 11 is 0. The summed E-state index contributed by atoms with van der Waals surface area (Å²) in [5.74, 6) is 0.535. The van der Waals surface area contributed by atoms with Crippen LogP contribution in [0.3, 0.4) is 0 Å². The van der Waals surface area contributed by atoms with Gasteiger partial charge in [-0.15, -0.1) is 0 Å². The second kappa shape index (κ2) is 2.59. The summed E-state index contributed by atoms with van der Waals surface area (Å²) in [5, 5.41) is 4.40. The van der Waals surface area contributed by atoms with Crippen molar-refractivity contribution in [2.24, 2.45) is 7.05 Å². The third-order valence-corrected chi connectivity index (χ3v) is 2.31. The molecular weight excluding hydrogens is 152 g/mol. The molecule has 2 heterocycles. The molecule has 0 spiro atoms. The van der Waals surface area contributed by atoms with Gasteiger partial charge in [-0.05, 0) is 5.92 Å². The first-order valence-electron chi connectivity index (χ1n) is 4.32. The Kier molecular flexibility index (Phi) is 1.68. The van der Waals surface area contributed by atoms with Crippen LogP contribution in [0.15, 0.2) is 0 Å². The summed E-state index contributed by atoms with van der Waals surface area (Å²) in [4.78, 5) is 0. The number of rotatable bonds is 1. The lowest BCUT2D eigenvalue weighted by molar-refractivity contribution is 0.130. The number of hydrogen-bond donors (Lipinski definition) is 0. The van der Waals surface area contributed by atoms with Crippen LogP contribution in [0.1, 0.15) is 36.7 Å². The number of fused-ring (bicyclic) bond motifs is 1. The zero-order chi connectivity index (χ0) is 8.72. The lowest BCUT2D eigenvalue weighted by Gasteiger charge is -2.07. The zero-order valence-corrected chi connectivity index (χ0v) is 7.79. The monoisotopic (exact) mass is 166 g/mol. The van der Waals surface area contributed by atoms with Crippen LogP contribution in [-0.4, -0.2) is 9.78 Å². The molecule has 0 fully saturated rings. The highest BCUT2D eigenvalue weighted by Gasteiger charge is 2.22. The van der Waals surface area contributed by atoms with Crippen LogP contribution < -0.4 is 0 Å².